The van der Waals surface area contributed by atoms with E-state index >= 15 is 0 Å². The summed E-state index contributed by atoms with van der Waals surface area (Å²) in [6.07, 6.45) is 18.1. The first kappa shape index (κ1) is 25.4. The number of hydrogen-bond acceptors (Lipinski definition) is 3. The van der Waals surface area contributed by atoms with Gasteiger partial charge < -0.3 is 4.74 Å². The van der Waals surface area contributed by atoms with Crippen molar-refractivity contribution in [2.45, 2.75) is 110 Å². The molecule has 0 atom stereocenters. The molecule has 0 aromatic heterocycles. The predicted octanol–water partition coefficient (Wildman–Crippen LogP) is 8.19. The third-order valence-electron chi connectivity index (χ3n) is 5.26. The van der Waals surface area contributed by atoms with E-state index in [2.05, 4.69) is 6.92 Å². The van der Waals surface area contributed by atoms with E-state index in [1.165, 1.54) is 76.3 Å². The molecular formula is C26H43NO2. The normalized spacial score (nSPS) is 11.6. The van der Waals surface area contributed by atoms with Crippen molar-refractivity contribution in [1.29, 1.82) is 0 Å². The number of carbonyl (C=O) groups is 1. The van der Waals surface area contributed by atoms with Gasteiger partial charge in [0.15, 0.2) is 0 Å². The summed E-state index contributed by atoms with van der Waals surface area (Å²) in [6.45, 7) is 4.59. The lowest BCUT2D eigenvalue weighted by Crippen LogP contribution is -2.05. The minimum atomic E-state index is -0.0961. The Morgan fingerprint density at radius 1 is 0.724 bits per heavy atom. The van der Waals surface area contributed by atoms with E-state index in [9.17, 15) is 4.79 Å². The predicted molar refractivity (Wildman–Crippen MR) is 125 cm³/mol. The van der Waals surface area contributed by atoms with E-state index in [-0.39, 0.29) is 5.97 Å². The molecule has 3 heteroatoms. The summed E-state index contributed by atoms with van der Waals surface area (Å²) in [5.74, 6) is -0.0961. The first-order valence-electron chi connectivity index (χ1n) is 12.0. The molecule has 164 valence electrons. The van der Waals surface area contributed by atoms with Crippen LogP contribution in [0.1, 0.15) is 110 Å². The van der Waals surface area contributed by atoms with Crippen molar-refractivity contribution in [3.05, 3.63) is 30.3 Å². The van der Waals surface area contributed by atoms with Crippen LogP contribution in [0.4, 0.5) is 5.69 Å². The molecule has 0 radical (unpaired) electrons. The first-order chi connectivity index (χ1) is 14.3. The Morgan fingerprint density at radius 2 is 1.28 bits per heavy atom. The van der Waals surface area contributed by atoms with Crippen molar-refractivity contribution in [2.75, 3.05) is 6.61 Å². The number of carbonyl (C=O) groups excluding carboxylic acids is 1. The van der Waals surface area contributed by atoms with Crippen molar-refractivity contribution in [1.82, 2.24) is 0 Å². The van der Waals surface area contributed by atoms with Gasteiger partial charge >= 0.3 is 5.97 Å². The number of esters is 1. The summed E-state index contributed by atoms with van der Waals surface area (Å²) < 4.78 is 5.04. The van der Waals surface area contributed by atoms with Crippen LogP contribution in [0.5, 0.6) is 0 Å². The van der Waals surface area contributed by atoms with Crippen molar-refractivity contribution >= 4 is 17.4 Å². The van der Waals surface area contributed by atoms with E-state index in [0.717, 1.165) is 24.9 Å². The molecule has 1 aromatic carbocycles. The van der Waals surface area contributed by atoms with Gasteiger partial charge in [0.2, 0.25) is 0 Å². The third kappa shape index (κ3) is 14.9. The van der Waals surface area contributed by atoms with Gasteiger partial charge in [0, 0.05) is 12.1 Å². The molecule has 0 heterocycles. The first-order valence-corrected chi connectivity index (χ1v) is 12.0. The zero-order valence-electron chi connectivity index (χ0n) is 19.0. The van der Waals surface area contributed by atoms with Crippen LogP contribution in [-0.4, -0.2) is 18.3 Å². The maximum atomic E-state index is 11.6. The summed E-state index contributed by atoms with van der Waals surface area (Å²) in [6, 6.07) is 10.2. The second kappa shape index (κ2) is 18.4. The number of ether oxygens (including phenoxy) is 1. The molecule has 0 fully saturated rings. The molecule has 0 saturated heterocycles. The van der Waals surface area contributed by atoms with Gasteiger partial charge in [-0.2, -0.15) is 0 Å². The largest absolute Gasteiger partial charge is 0.466 e. The molecule has 0 N–H and O–H groups in total. The van der Waals surface area contributed by atoms with E-state index in [4.69, 9.17) is 9.73 Å². The Morgan fingerprint density at radius 3 is 1.86 bits per heavy atom. The highest BCUT2D eigenvalue weighted by Gasteiger charge is 2.06. The Bertz CT molecular complexity index is 539. The minimum absolute atomic E-state index is 0.0961. The molecule has 3 nitrogen and oxygen atoms in total. The highest BCUT2D eigenvalue weighted by molar-refractivity contribution is 5.87. The fourth-order valence-electron chi connectivity index (χ4n) is 3.59. The Hall–Kier alpha value is -1.64. The van der Waals surface area contributed by atoms with Crippen LogP contribution in [0.2, 0.25) is 0 Å². The zero-order chi connectivity index (χ0) is 21.0. The van der Waals surface area contributed by atoms with Crippen LogP contribution < -0.4 is 0 Å². The topological polar surface area (TPSA) is 38.7 Å². The second-order valence-corrected chi connectivity index (χ2v) is 7.96. The Kier molecular flexibility index (Phi) is 16.1. The van der Waals surface area contributed by atoms with Crippen LogP contribution in [0, 0.1) is 0 Å². The maximum absolute atomic E-state index is 11.6. The van der Waals surface area contributed by atoms with Gasteiger partial charge in [-0.15, -0.1) is 0 Å². The molecule has 0 saturated carbocycles. The van der Waals surface area contributed by atoms with E-state index in [1.807, 2.05) is 37.3 Å². The summed E-state index contributed by atoms with van der Waals surface area (Å²) in [5, 5.41) is 0. The van der Waals surface area contributed by atoms with Gasteiger partial charge in [-0.25, -0.2) is 0 Å². The van der Waals surface area contributed by atoms with Gasteiger partial charge in [0.05, 0.1) is 12.3 Å². The van der Waals surface area contributed by atoms with Crippen LogP contribution in [0.15, 0.2) is 35.3 Å². The molecule has 1 rings (SSSR count). The molecule has 29 heavy (non-hydrogen) atoms. The second-order valence-electron chi connectivity index (χ2n) is 7.96. The molecule has 0 aliphatic rings. The van der Waals surface area contributed by atoms with E-state index < -0.39 is 0 Å². The van der Waals surface area contributed by atoms with Crippen LogP contribution >= 0.6 is 0 Å². The molecule has 0 spiro atoms. The fourth-order valence-corrected chi connectivity index (χ4v) is 3.59. The zero-order valence-corrected chi connectivity index (χ0v) is 19.0. The average Bonchev–Trinajstić information content (AvgIpc) is 2.72. The lowest BCUT2D eigenvalue weighted by molar-refractivity contribution is -0.143. The fraction of sp³-hybridized carbons (Fsp3) is 0.692. The van der Waals surface area contributed by atoms with Gasteiger partial charge in [0.1, 0.15) is 0 Å². The molecule has 0 unspecified atom stereocenters. The van der Waals surface area contributed by atoms with E-state index in [1.54, 1.807) is 0 Å². The number of benzene rings is 1. The number of para-hydroxylation sites is 1. The molecule has 0 bridgehead atoms. The SMILES string of the molecule is CCCCCCCCCCCCCC(CCCC(=O)OCC)=Nc1ccccc1. The van der Waals surface area contributed by atoms with Gasteiger partial charge in [-0.1, -0.05) is 89.3 Å². The van der Waals surface area contributed by atoms with Crippen molar-refractivity contribution < 1.29 is 9.53 Å². The van der Waals surface area contributed by atoms with Crippen LogP contribution in [-0.2, 0) is 9.53 Å². The molecule has 1 aromatic rings. The summed E-state index contributed by atoms with van der Waals surface area (Å²) >= 11 is 0. The Labute approximate surface area is 179 Å². The van der Waals surface area contributed by atoms with Crippen molar-refractivity contribution in [3.8, 4) is 0 Å². The number of unbranched alkanes of at least 4 members (excludes halogenated alkanes) is 10. The van der Waals surface area contributed by atoms with Crippen molar-refractivity contribution in [3.63, 3.8) is 0 Å². The number of rotatable bonds is 18. The standard InChI is InChI=1S/C26H43NO2/c1-3-5-6-7-8-9-10-11-12-13-15-19-25(22-18-23-26(28)29-4-2)27-24-20-16-14-17-21-24/h14,16-17,20-21H,3-13,15,18-19,22-23H2,1-2H3. The maximum Gasteiger partial charge on any atom is 0.305 e. The smallest absolute Gasteiger partial charge is 0.305 e. The molecular weight excluding hydrogens is 358 g/mol. The minimum Gasteiger partial charge on any atom is -0.466 e. The average molecular weight is 402 g/mol. The van der Waals surface area contributed by atoms with Crippen LogP contribution in [0.3, 0.4) is 0 Å². The molecule has 0 aliphatic carbocycles. The van der Waals surface area contributed by atoms with Gasteiger partial charge in [-0.05, 0) is 44.7 Å². The lowest BCUT2D eigenvalue weighted by atomic mass is 10.0. The highest BCUT2D eigenvalue weighted by Crippen LogP contribution is 2.17. The number of nitrogens with zero attached hydrogens (tertiary/aromatic N) is 1. The summed E-state index contributed by atoms with van der Waals surface area (Å²) in [4.78, 5) is 16.4. The third-order valence-corrected chi connectivity index (χ3v) is 5.26. The lowest BCUT2D eigenvalue weighted by Gasteiger charge is -2.08. The Balaban J connectivity index is 2.24. The number of aliphatic imine (C=N–C) groups is 1. The van der Waals surface area contributed by atoms with Gasteiger partial charge in [-0.3, -0.25) is 9.79 Å². The highest BCUT2D eigenvalue weighted by atomic mass is 16.5. The quantitative estimate of drug-likeness (QED) is 0.141. The monoisotopic (exact) mass is 401 g/mol. The molecule has 0 amide bonds. The van der Waals surface area contributed by atoms with E-state index in [0.29, 0.717) is 13.0 Å². The van der Waals surface area contributed by atoms with Gasteiger partial charge in [0.25, 0.3) is 0 Å². The number of hydrogen-bond donors (Lipinski definition) is 0. The molecule has 0 aliphatic heterocycles. The summed E-state index contributed by atoms with van der Waals surface area (Å²) in [7, 11) is 0. The van der Waals surface area contributed by atoms with Crippen molar-refractivity contribution in [2.24, 2.45) is 4.99 Å². The van der Waals surface area contributed by atoms with Crippen LogP contribution in [0.25, 0.3) is 0 Å². The summed E-state index contributed by atoms with van der Waals surface area (Å²) in [5.41, 5.74) is 2.23.